The summed E-state index contributed by atoms with van der Waals surface area (Å²) in [4.78, 5) is 4.16. The van der Waals surface area contributed by atoms with Crippen molar-refractivity contribution in [2.24, 2.45) is 0 Å². The summed E-state index contributed by atoms with van der Waals surface area (Å²) in [6.07, 6.45) is 4.16. The van der Waals surface area contributed by atoms with Gasteiger partial charge in [0.25, 0.3) is 0 Å². The average molecular weight is 294 g/mol. The molecule has 1 fully saturated rings. The second-order valence-corrected chi connectivity index (χ2v) is 5.49. The lowest BCUT2D eigenvalue weighted by molar-refractivity contribution is 0.160. The topological polar surface area (TPSA) is 110 Å². The molecule has 1 aliphatic rings. The van der Waals surface area contributed by atoms with Crippen LogP contribution in [0.1, 0.15) is 6.42 Å². The number of hydrogen-bond acceptors (Lipinski definition) is 6. The minimum absolute atomic E-state index is 0.240. The van der Waals surface area contributed by atoms with Gasteiger partial charge in [-0.05, 0) is 12.1 Å². The Morgan fingerprint density at radius 3 is 3.00 bits per heavy atom. The molecule has 1 saturated heterocycles. The van der Waals surface area contributed by atoms with Crippen molar-refractivity contribution >= 4 is 11.6 Å². The van der Waals surface area contributed by atoms with Gasteiger partial charge in [0.15, 0.2) is 5.65 Å². The molecule has 8 nitrogen and oxygen atoms in total. The van der Waals surface area contributed by atoms with Crippen LogP contribution < -0.4 is 11.1 Å². The van der Waals surface area contributed by atoms with E-state index < -0.39 is 0 Å². The van der Waals surface area contributed by atoms with Crippen LogP contribution in [0, 0.1) is 11.3 Å². The maximum absolute atomic E-state index is 9.04. The quantitative estimate of drug-likeness (QED) is 0.723. The lowest BCUT2D eigenvalue weighted by Crippen LogP contribution is -2.60. The predicted octanol–water partition coefficient (Wildman–Crippen LogP) is 0.387. The number of fused-ring (bicyclic) bond motifs is 1. The van der Waals surface area contributed by atoms with Crippen LogP contribution in [0.3, 0.4) is 0 Å². The first-order chi connectivity index (χ1) is 10.7. The molecule has 3 N–H and O–H groups in total. The number of nitrogens with two attached hydrogens (primary N) is 1. The fourth-order valence-corrected chi connectivity index (χ4v) is 2.78. The van der Waals surface area contributed by atoms with Crippen LogP contribution in [0.15, 0.2) is 30.6 Å². The van der Waals surface area contributed by atoms with E-state index in [0.29, 0.717) is 12.1 Å². The third kappa shape index (κ3) is 1.76. The monoisotopic (exact) mass is 294 g/mol. The Morgan fingerprint density at radius 1 is 1.41 bits per heavy atom. The van der Waals surface area contributed by atoms with E-state index in [0.717, 1.165) is 24.3 Å². The normalized spacial score (nSPS) is 16.3. The number of pyridine rings is 1. The van der Waals surface area contributed by atoms with E-state index >= 15 is 0 Å². The van der Waals surface area contributed by atoms with Gasteiger partial charge < -0.3 is 11.1 Å². The Kier molecular flexibility index (Phi) is 2.64. The van der Waals surface area contributed by atoms with Crippen LogP contribution >= 0.6 is 0 Å². The van der Waals surface area contributed by atoms with E-state index in [1.54, 1.807) is 10.7 Å². The Balaban J connectivity index is 1.79. The van der Waals surface area contributed by atoms with Gasteiger partial charge in [0, 0.05) is 24.8 Å². The highest BCUT2D eigenvalue weighted by atomic mass is 15.4. The van der Waals surface area contributed by atoms with Crippen molar-refractivity contribution in [1.82, 2.24) is 29.7 Å². The van der Waals surface area contributed by atoms with Gasteiger partial charge in [0.05, 0.1) is 24.4 Å². The van der Waals surface area contributed by atoms with Gasteiger partial charge >= 0.3 is 0 Å². The molecule has 4 heterocycles. The van der Waals surface area contributed by atoms with Crippen LogP contribution in [0.5, 0.6) is 0 Å². The predicted molar refractivity (Wildman–Crippen MR) is 79.7 cm³/mol. The number of anilines is 1. The molecule has 0 amide bonds. The first-order valence-corrected chi connectivity index (χ1v) is 6.96. The first-order valence-electron chi connectivity index (χ1n) is 6.96. The number of nitriles is 1. The zero-order valence-electron chi connectivity index (χ0n) is 11.8. The van der Waals surface area contributed by atoms with Crippen LogP contribution in [-0.4, -0.2) is 37.5 Å². The van der Waals surface area contributed by atoms with Gasteiger partial charge in [-0.3, -0.25) is 4.68 Å². The number of nitrogens with zero attached hydrogens (tertiary/aromatic N) is 6. The highest BCUT2D eigenvalue weighted by Crippen LogP contribution is 2.28. The summed E-state index contributed by atoms with van der Waals surface area (Å²) >= 11 is 0. The van der Waals surface area contributed by atoms with Crippen molar-refractivity contribution < 1.29 is 0 Å². The summed E-state index contributed by atoms with van der Waals surface area (Å²) < 4.78 is 3.58. The lowest BCUT2D eigenvalue weighted by atomic mass is 9.89. The number of nitrogens with one attached hydrogen (secondary N) is 1. The second kappa shape index (κ2) is 4.54. The Bertz CT molecular complexity index is 880. The summed E-state index contributed by atoms with van der Waals surface area (Å²) in [5, 5.41) is 20.9. The standard InChI is InChI=1S/C14H14N8/c15-5-4-14(8-17-9-14)21-7-10(6-18-21)11-2-1-3-12-19-13(16)20-22(11)12/h1-3,6-7,17H,4,8-9H2,(H2,16,20). The van der Waals surface area contributed by atoms with Gasteiger partial charge in [-0.1, -0.05) is 6.07 Å². The summed E-state index contributed by atoms with van der Waals surface area (Å²) in [6.45, 7) is 1.50. The molecule has 4 rings (SSSR count). The van der Waals surface area contributed by atoms with Crippen molar-refractivity contribution in [1.29, 1.82) is 5.26 Å². The highest BCUT2D eigenvalue weighted by molar-refractivity contribution is 5.62. The van der Waals surface area contributed by atoms with Gasteiger partial charge in [-0.2, -0.15) is 15.3 Å². The maximum atomic E-state index is 9.04. The fourth-order valence-electron chi connectivity index (χ4n) is 2.78. The molecule has 110 valence electrons. The molecule has 0 atom stereocenters. The van der Waals surface area contributed by atoms with E-state index in [4.69, 9.17) is 11.0 Å². The third-order valence-corrected chi connectivity index (χ3v) is 4.06. The third-order valence-electron chi connectivity index (χ3n) is 4.06. The molecule has 3 aromatic heterocycles. The summed E-state index contributed by atoms with van der Waals surface area (Å²) in [7, 11) is 0. The van der Waals surface area contributed by atoms with Crippen LogP contribution in [0.4, 0.5) is 5.95 Å². The molecule has 0 aromatic carbocycles. The minimum atomic E-state index is -0.248. The molecule has 0 saturated carbocycles. The number of hydrogen-bond donors (Lipinski definition) is 2. The van der Waals surface area contributed by atoms with Crippen molar-refractivity contribution in [2.45, 2.75) is 12.0 Å². The molecule has 0 spiro atoms. The molecular formula is C14H14N8. The van der Waals surface area contributed by atoms with Crippen LogP contribution in [0.2, 0.25) is 0 Å². The number of rotatable bonds is 3. The second-order valence-electron chi connectivity index (χ2n) is 5.49. The summed E-state index contributed by atoms with van der Waals surface area (Å²) in [5.41, 5.74) is 7.90. The van der Waals surface area contributed by atoms with Gasteiger partial charge in [0.1, 0.15) is 5.54 Å². The van der Waals surface area contributed by atoms with Gasteiger partial charge in [-0.15, -0.1) is 5.10 Å². The molecule has 8 heteroatoms. The number of aromatic nitrogens is 5. The molecule has 0 aliphatic carbocycles. The van der Waals surface area contributed by atoms with Crippen molar-refractivity contribution in [2.75, 3.05) is 18.8 Å². The zero-order valence-corrected chi connectivity index (χ0v) is 11.8. The van der Waals surface area contributed by atoms with E-state index in [1.807, 2.05) is 29.1 Å². The molecule has 0 unspecified atom stereocenters. The smallest absolute Gasteiger partial charge is 0.240 e. The molecule has 22 heavy (non-hydrogen) atoms. The lowest BCUT2D eigenvalue weighted by Gasteiger charge is -2.41. The minimum Gasteiger partial charge on any atom is -0.366 e. The number of nitrogen functional groups attached to an aromatic ring is 1. The summed E-state index contributed by atoms with van der Waals surface area (Å²) in [6, 6.07) is 7.95. The maximum Gasteiger partial charge on any atom is 0.240 e. The van der Waals surface area contributed by atoms with Gasteiger partial charge in [0.2, 0.25) is 5.95 Å². The van der Waals surface area contributed by atoms with E-state index in [-0.39, 0.29) is 11.5 Å². The summed E-state index contributed by atoms with van der Waals surface area (Å²) in [5.74, 6) is 0.240. The van der Waals surface area contributed by atoms with E-state index in [1.165, 1.54) is 0 Å². The van der Waals surface area contributed by atoms with Crippen LogP contribution in [-0.2, 0) is 5.54 Å². The molecule has 0 bridgehead atoms. The Hall–Kier alpha value is -2.92. The molecular weight excluding hydrogens is 280 g/mol. The molecule has 0 radical (unpaired) electrons. The SMILES string of the molecule is N#CCC1(n2cc(-c3cccc4nc(N)nn34)cn2)CNC1. The molecule has 1 aliphatic heterocycles. The first kappa shape index (κ1) is 12.8. The largest absolute Gasteiger partial charge is 0.366 e. The average Bonchev–Trinajstić information content (AvgIpc) is 3.07. The highest BCUT2D eigenvalue weighted by Gasteiger charge is 2.39. The van der Waals surface area contributed by atoms with Gasteiger partial charge in [-0.25, -0.2) is 4.52 Å². The molecule has 3 aromatic rings. The van der Waals surface area contributed by atoms with Crippen molar-refractivity contribution in [3.8, 4) is 17.3 Å². The Labute approximate surface area is 126 Å². The van der Waals surface area contributed by atoms with Crippen molar-refractivity contribution in [3.05, 3.63) is 30.6 Å². The van der Waals surface area contributed by atoms with E-state index in [9.17, 15) is 0 Å². The van der Waals surface area contributed by atoms with Crippen molar-refractivity contribution in [3.63, 3.8) is 0 Å². The van der Waals surface area contributed by atoms with E-state index in [2.05, 4.69) is 26.6 Å². The Morgan fingerprint density at radius 2 is 2.27 bits per heavy atom. The zero-order chi connectivity index (χ0) is 15.2. The fraction of sp³-hybridized carbons (Fsp3) is 0.286. The van der Waals surface area contributed by atoms with Crippen LogP contribution in [0.25, 0.3) is 16.9 Å².